The van der Waals surface area contributed by atoms with E-state index in [-0.39, 0.29) is 11.6 Å². The Labute approximate surface area is 54.1 Å². The SMILES string of the molecule is C[N]S(=O)(=O)CCCl. The van der Waals surface area contributed by atoms with E-state index < -0.39 is 10.0 Å². The van der Waals surface area contributed by atoms with Gasteiger partial charge in [0.1, 0.15) is 0 Å². The third-order valence-electron chi connectivity index (χ3n) is 0.613. The van der Waals surface area contributed by atoms with Crippen LogP contribution in [0.5, 0.6) is 0 Å². The highest BCUT2D eigenvalue weighted by molar-refractivity contribution is 7.89. The van der Waals surface area contributed by atoms with Crippen LogP contribution >= 0.6 is 11.6 Å². The maximum Gasteiger partial charge on any atom is 0.228 e. The minimum absolute atomic E-state index is 0.0644. The maximum atomic E-state index is 10.3. The monoisotopic (exact) mass is 156 g/mol. The number of nitrogens with zero attached hydrogens (tertiary/aromatic N) is 1. The van der Waals surface area contributed by atoms with E-state index in [1.165, 1.54) is 7.05 Å². The predicted octanol–water partition coefficient (Wildman–Crippen LogP) is -0.211. The summed E-state index contributed by atoms with van der Waals surface area (Å²) in [6.07, 6.45) is 0. The molecule has 0 aromatic carbocycles. The van der Waals surface area contributed by atoms with Gasteiger partial charge in [0.25, 0.3) is 0 Å². The number of halogens is 1. The van der Waals surface area contributed by atoms with E-state index >= 15 is 0 Å². The van der Waals surface area contributed by atoms with Gasteiger partial charge >= 0.3 is 0 Å². The first-order valence-electron chi connectivity index (χ1n) is 2.02. The van der Waals surface area contributed by atoms with Gasteiger partial charge in [0, 0.05) is 12.9 Å². The lowest BCUT2D eigenvalue weighted by Gasteiger charge is -1.92. The van der Waals surface area contributed by atoms with E-state index in [1.807, 2.05) is 0 Å². The first kappa shape index (κ1) is 8.20. The predicted molar refractivity (Wildman–Crippen MR) is 32.6 cm³/mol. The van der Waals surface area contributed by atoms with Gasteiger partial charge in [-0.3, -0.25) is 0 Å². The fourth-order valence-corrected chi connectivity index (χ4v) is 1.15. The number of hydrogen-bond donors (Lipinski definition) is 0. The van der Waals surface area contributed by atoms with Crippen molar-refractivity contribution in [3.05, 3.63) is 0 Å². The molecule has 0 saturated carbocycles. The fraction of sp³-hybridized carbons (Fsp3) is 1.00. The topological polar surface area (TPSA) is 48.2 Å². The van der Waals surface area contributed by atoms with Crippen LogP contribution < -0.4 is 4.72 Å². The Bertz CT molecular complexity index is 141. The summed E-state index contributed by atoms with van der Waals surface area (Å²) in [4.78, 5) is 0. The van der Waals surface area contributed by atoms with Crippen LogP contribution in [0.25, 0.3) is 0 Å². The van der Waals surface area contributed by atoms with Crippen molar-refractivity contribution in [2.45, 2.75) is 0 Å². The molecule has 0 aliphatic rings. The van der Waals surface area contributed by atoms with Crippen molar-refractivity contribution in [1.82, 2.24) is 4.72 Å². The van der Waals surface area contributed by atoms with Crippen LogP contribution in [-0.4, -0.2) is 27.1 Å². The summed E-state index contributed by atoms with van der Waals surface area (Å²) in [6, 6.07) is 0. The molecule has 0 atom stereocenters. The van der Waals surface area contributed by atoms with E-state index in [1.54, 1.807) is 0 Å². The second-order valence-electron chi connectivity index (χ2n) is 1.16. The Balaban J connectivity index is 3.76. The van der Waals surface area contributed by atoms with Crippen molar-refractivity contribution >= 4 is 21.6 Å². The van der Waals surface area contributed by atoms with E-state index in [0.717, 1.165) is 0 Å². The minimum Gasteiger partial charge on any atom is -0.211 e. The molecular formula is C3H7ClNO2S. The largest absolute Gasteiger partial charge is 0.228 e. The van der Waals surface area contributed by atoms with Crippen molar-refractivity contribution in [1.29, 1.82) is 0 Å². The second-order valence-corrected chi connectivity index (χ2v) is 3.47. The summed E-state index contributed by atoms with van der Waals surface area (Å²) in [5.41, 5.74) is 0. The maximum absolute atomic E-state index is 10.3. The van der Waals surface area contributed by atoms with Crippen molar-refractivity contribution in [2.75, 3.05) is 18.7 Å². The molecule has 49 valence electrons. The summed E-state index contributed by atoms with van der Waals surface area (Å²) in [5, 5.41) is 0. The quantitative estimate of drug-likeness (QED) is 0.531. The zero-order valence-electron chi connectivity index (χ0n) is 4.46. The third-order valence-corrected chi connectivity index (χ3v) is 2.30. The molecule has 0 aliphatic heterocycles. The summed E-state index contributed by atoms with van der Waals surface area (Å²) in [6.45, 7) is 0. The number of alkyl halides is 1. The zero-order chi connectivity index (χ0) is 6.62. The van der Waals surface area contributed by atoms with E-state index in [9.17, 15) is 8.42 Å². The molecule has 8 heavy (non-hydrogen) atoms. The highest BCUT2D eigenvalue weighted by Crippen LogP contribution is 1.84. The molecule has 0 aromatic heterocycles. The Morgan fingerprint density at radius 2 is 2.12 bits per heavy atom. The van der Waals surface area contributed by atoms with Crippen LogP contribution in [0, 0.1) is 0 Å². The van der Waals surface area contributed by atoms with Gasteiger partial charge in [-0.2, -0.15) is 0 Å². The first-order valence-corrected chi connectivity index (χ1v) is 4.16. The molecule has 0 bridgehead atoms. The second kappa shape index (κ2) is 3.27. The molecule has 0 rings (SSSR count). The van der Waals surface area contributed by atoms with Gasteiger partial charge in [-0.1, -0.05) is 0 Å². The van der Waals surface area contributed by atoms with Gasteiger partial charge in [0.05, 0.1) is 5.75 Å². The Hall–Kier alpha value is 0.200. The van der Waals surface area contributed by atoms with Crippen LogP contribution in [0.15, 0.2) is 0 Å². The van der Waals surface area contributed by atoms with Crippen molar-refractivity contribution in [2.24, 2.45) is 0 Å². The van der Waals surface area contributed by atoms with Gasteiger partial charge in [-0.05, 0) is 0 Å². The summed E-state index contributed by atoms with van der Waals surface area (Å²) < 4.78 is 23.8. The summed E-state index contributed by atoms with van der Waals surface area (Å²) in [7, 11) is -1.94. The van der Waals surface area contributed by atoms with Gasteiger partial charge < -0.3 is 0 Å². The molecule has 0 amide bonds. The standard InChI is InChI=1S/C3H7ClNO2S/c1-5-8(6,7)3-2-4/h2-3H2,1H3. The van der Waals surface area contributed by atoms with E-state index in [4.69, 9.17) is 11.6 Å². The Kier molecular flexibility index (Phi) is 3.35. The third kappa shape index (κ3) is 3.23. The molecule has 0 aliphatic carbocycles. The molecule has 0 saturated heterocycles. The van der Waals surface area contributed by atoms with Gasteiger partial charge in [0.15, 0.2) is 0 Å². The molecule has 5 heteroatoms. The molecule has 0 fully saturated rings. The average molecular weight is 157 g/mol. The smallest absolute Gasteiger partial charge is 0.211 e. The number of sulfonamides is 1. The summed E-state index contributed by atoms with van der Waals surface area (Å²) in [5.74, 6) is 0.0464. The molecule has 0 aromatic rings. The molecule has 0 heterocycles. The van der Waals surface area contributed by atoms with Crippen LogP contribution in [0.3, 0.4) is 0 Å². The normalized spacial score (nSPS) is 11.8. The molecule has 0 spiro atoms. The number of rotatable bonds is 3. The van der Waals surface area contributed by atoms with E-state index in [2.05, 4.69) is 4.72 Å². The highest BCUT2D eigenvalue weighted by Gasteiger charge is 2.04. The highest BCUT2D eigenvalue weighted by atomic mass is 35.5. The Morgan fingerprint density at radius 1 is 1.62 bits per heavy atom. The lowest BCUT2D eigenvalue weighted by Crippen LogP contribution is -2.16. The molecule has 0 unspecified atom stereocenters. The van der Waals surface area contributed by atoms with Crippen molar-refractivity contribution in [3.63, 3.8) is 0 Å². The van der Waals surface area contributed by atoms with Crippen molar-refractivity contribution in [3.8, 4) is 0 Å². The van der Waals surface area contributed by atoms with Crippen molar-refractivity contribution < 1.29 is 8.42 Å². The molecule has 3 nitrogen and oxygen atoms in total. The molecular weight excluding hydrogens is 150 g/mol. The van der Waals surface area contributed by atoms with Crippen LogP contribution in [0.1, 0.15) is 0 Å². The lowest BCUT2D eigenvalue weighted by molar-refractivity contribution is 0.588. The average Bonchev–Trinajstić information content (AvgIpc) is 1.67. The fourth-order valence-electron chi connectivity index (χ4n) is 0.189. The van der Waals surface area contributed by atoms with Crippen LogP contribution in [0.4, 0.5) is 0 Å². The van der Waals surface area contributed by atoms with E-state index in [0.29, 0.717) is 0 Å². The van der Waals surface area contributed by atoms with Crippen LogP contribution in [-0.2, 0) is 10.0 Å². The Morgan fingerprint density at radius 3 is 2.25 bits per heavy atom. The minimum atomic E-state index is -3.18. The lowest BCUT2D eigenvalue weighted by atomic mass is 11.0. The van der Waals surface area contributed by atoms with Gasteiger partial charge in [-0.15, -0.1) is 16.3 Å². The van der Waals surface area contributed by atoms with Crippen LogP contribution in [0.2, 0.25) is 0 Å². The first-order chi connectivity index (χ1) is 3.62. The number of hydrogen-bond acceptors (Lipinski definition) is 2. The molecule has 0 N–H and O–H groups in total. The van der Waals surface area contributed by atoms with Gasteiger partial charge in [0.2, 0.25) is 10.0 Å². The zero-order valence-corrected chi connectivity index (χ0v) is 6.04. The summed E-state index contributed by atoms with van der Waals surface area (Å²) >= 11 is 5.13. The molecule has 1 radical (unpaired) electrons. The van der Waals surface area contributed by atoms with Gasteiger partial charge in [-0.25, -0.2) is 8.42 Å².